The van der Waals surface area contributed by atoms with Gasteiger partial charge in [-0.25, -0.2) is 4.98 Å². The molecule has 0 saturated heterocycles. The molecule has 1 heterocycles. The predicted molar refractivity (Wildman–Crippen MR) is 98.8 cm³/mol. The Morgan fingerprint density at radius 1 is 1.21 bits per heavy atom. The largest absolute Gasteiger partial charge is 0.474 e. The number of rotatable bonds is 6. The average Bonchev–Trinajstić information content (AvgIpc) is 3.10. The van der Waals surface area contributed by atoms with Crippen LogP contribution in [0.25, 0.3) is 0 Å². The second kappa shape index (κ2) is 8.95. The number of aromatic nitrogens is 1. The third-order valence-electron chi connectivity index (χ3n) is 4.78. The molecule has 1 amide bonds. The van der Waals surface area contributed by atoms with Gasteiger partial charge in [0.05, 0.1) is 10.8 Å². The molecule has 2 aliphatic carbocycles. The summed E-state index contributed by atoms with van der Waals surface area (Å²) in [4.78, 5) is 16.3. The van der Waals surface area contributed by atoms with E-state index in [1.807, 2.05) is 11.8 Å². The van der Waals surface area contributed by atoms with Gasteiger partial charge in [-0.05, 0) is 44.6 Å². The molecule has 1 aromatic heterocycles. The lowest BCUT2D eigenvalue weighted by Crippen LogP contribution is -2.40. The fourth-order valence-corrected chi connectivity index (χ4v) is 4.69. The molecular weight excluding hydrogens is 344 g/mol. The molecule has 0 bridgehead atoms. The number of halogens is 1. The van der Waals surface area contributed by atoms with E-state index in [0.29, 0.717) is 27.9 Å². The van der Waals surface area contributed by atoms with Gasteiger partial charge < -0.3 is 10.1 Å². The SMILES string of the molecule is O=C(CSC1CCCC1)NC1CCC(Oc2ccc(Cl)cn2)CC1. The van der Waals surface area contributed by atoms with Crippen LogP contribution in [-0.2, 0) is 4.79 Å². The smallest absolute Gasteiger partial charge is 0.230 e. The van der Waals surface area contributed by atoms with Crippen LogP contribution in [0.2, 0.25) is 5.02 Å². The fourth-order valence-electron chi connectivity index (χ4n) is 3.45. The Bertz CT molecular complexity index is 526. The van der Waals surface area contributed by atoms with Crippen molar-refractivity contribution in [1.82, 2.24) is 10.3 Å². The lowest BCUT2D eigenvalue weighted by molar-refractivity contribution is -0.119. The topological polar surface area (TPSA) is 51.2 Å². The first-order valence-corrected chi connectivity index (χ1v) is 10.3. The maximum absolute atomic E-state index is 12.1. The van der Waals surface area contributed by atoms with Gasteiger partial charge in [0.25, 0.3) is 0 Å². The van der Waals surface area contributed by atoms with Gasteiger partial charge in [-0.3, -0.25) is 4.79 Å². The minimum absolute atomic E-state index is 0.180. The number of amides is 1. The molecule has 0 aromatic carbocycles. The van der Waals surface area contributed by atoms with Crippen molar-refractivity contribution < 1.29 is 9.53 Å². The van der Waals surface area contributed by atoms with Crippen LogP contribution in [0.4, 0.5) is 0 Å². The fraction of sp³-hybridized carbons (Fsp3) is 0.667. The minimum atomic E-state index is 0.180. The number of thioether (sulfide) groups is 1. The van der Waals surface area contributed by atoms with Gasteiger partial charge in [0.1, 0.15) is 6.10 Å². The summed E-state index contributed by atoms with van der Waals surface area (Å²) in [6.45, 7) is 0. The quantitative estimate of drug-likeness (QED) is 0.816. The van der Waals surface area contributed by atoms with Crippen molar-refractivity contribution >= 4 is 29.3 Å². The lowest BCUT2D eigenvalue weighted by Gasteiger charge is -2.29. The lowest BCUT2D eigenvalue weighted by atomic mass is 9.93. The molecule has 4 nitrogen and oxygen atoms in total. The predicted octanol–water partition coefficient (Wildman–Crippen LogP) is 4.22. The number of hydrogen-bond donors (Lipinski definition) is 1. The second-order valence-electron chi connectivity index (χ2n) is 6.69. The summed E-state index contributed by atoms with van der Waals surface area (Å²) in [5.41, 5.74) is 0. The molecular formula is C18H25ClN2O2S. The Hall–Kier alpha value is -0.940. The molecule has 1 N–H and O–H groups in total. The minimum Gasteiger partial charge on any atom is -0.474 e. The molecule has 0 aliphatic heterocycles. The zero-order valence-corrected chi connectivity index (χ0v) is 15.5. The first-order chi connectivity index (χ1) is 11.7. The molecule has 2 fully saturated rings. The molecule has 2 saturated carbocycles. The van der Waals surface area contributed by atoms with E-state index in [1.165, 1.54) is 25.7 Å². The van der Waals surface area contributed by atoms with Gasteiger partial charge in [-0.15, -0.1) is 11.8 Å². The summed E-state index contributed by atoms with van der Waals surface area (Å²) in [6.07, 6.45) is 10.8. The zero-order valence-electron chi connectivity index (χ0n) is 13.9. The normalized spacial score (nSPS) is 24.7. The Morgan fingerprint density at radius 3 is 2.62 bits per heavy atom. The summed E-state index contributed by atoms with van der Waals surface area (Å²) >= 11 is 7.66. The van der Waals surface area contributed by atoms with Crippen molar-refractivity contribution in [1.29, 1.82) is 0 Å². The summed E-state index contributed by atoms with van der Waals surface area (Å²) in [7, 11) is 0. The summed E-state index contributed by atoms with van der Waals surface area (Å²) in [5, 5.41) is 4.50. The van der Waals surface area contributed by atoms with Crippen molar-refractivity contribution in [3.8, 4) is 5.88 Å². The number of hydrogen-bond acceptors (Lipinski definition) is 4. The Balaban J connectivity index is 1.34. The first-order valence-electron chi connectivity index (χ1n) is 8.88. The molecule has 0 radical (unpaired) electrons. The highest BCUT2D eigenvalue weighted by Crippen LogP contribution is 2.29. The van der Waals surface area contributed by atoms with E-state index in [4.69, 9.17) is 16.3 Å². The Labute approximate surface area is 153 Å². The highest BCUT2D eigenvalue weighted by molar-refractivity contribution is 8.00. The standard InChI is InChI=1S/C18H25ClN2O2S/c19-13-5-10-18(20-11-13)23-15-8-6-14(7-9-15)21-17(22)12-24-16-3-1-2-4-16/h5,10-11,14-16H,1-4,6-9,12H2,(H,21,22). The van der Waals surface area contributed by atoms with Crippen LogP contribution < -0.4 is 10.1 Å². The van der Waals surface area contributed by atoms with Crippen molar-refractivity contribution in [2.75, 3.05) is 5.75 Å². The second-order valence-corrected chi connectivity index (χ2v) is 8.42. The van der Waals surface area contributed by atoms with Crippen LogP contribution in [0.3, 0.4) is 0 Å². The monoisotopic (exact) mass is 368 g/mol. The van der Waals surface area contributed by atoms with Crippen LogP contribution in [0.15, 0.2) is 18.3 Å². The third-order valence-corrected chi connectivity index (χ3v) is 6.37. The van der Waals surface area contributed by atoms with Crippen LogP contribution in [0, 0.1) is 0 Å². The van der Waals surface area contributed by atoms with Crippen molar-refractivity contribution in [2.24, 2.45) is 0 Å². The number of nitrogens with zero attached hydrogens (tertiary/aromatic N) is 1. The van der Waals surface area contributed by atoms with Crippen LogP contribution in [-0.4, -0.2) is 34.0 Å². The van der Waals surface area contributed by atoms with Gasteiger partial charge in [0.2, 0.25) is 11.8 Å². The van der Waals surface area contributed by atoms with Gasteiger partial charge >= 0.3 is 0 Å². The van der Waals surface area contributed by atoms with E-state index in [9.17, 15) is 4.79 Å². The van der Waals surface area contributed by atoms with E-state index in [1.54, 1.807) is 18.3 Å². The molecule has 24 heavy (non-hydrogen) atoms. The Kier molecular flexibility index (Phi) is 6.67. The molecule has 0 atom stereocenters. The highest BCUT2D eigenvalue weighted by atomic mass is 35.5. The maximum Gasteiger partial charge on any atom is 0.230 e. The molecule has 0 spiro atoms. The van der Waals surface area contributed by atoms with E-state index in [0.717, 1.165) is 25.7 Å². The van der Waals surface area contributed by atoms with Crippen molar-refractivity contribution in [2.45, 2.75) is 68.8 Å². The number of carbonyl (C=O) groups is 1. The highest BCUT2D eigenvalue weighted by Gasteiger charge is 2.24. The van der Waals surface area contributed by atoms with E-state index >= 15 is 0 Å². The molecule has 132 valence electrons. The van der Waals surface area contributed by atoms with Gasteiger partial charge in [0.15, 0.2) is 0 Å². The third kappa shape index (κ3) is 5.55. The van der Waals surface area contributed by atoms with E-state index < -0.39 is 0 Å². The summed E-state index contributed by atoms with van der Waals surface area (Å²) in [6, 6.07) is 3.88. The molecule has 0 unspecified atom stereocenters. The number of nitrogens with one attached hydrogen (secondary N) is 1. The molecule has 6 heteroatoms. The Morgan fingerprint density at radius 2 is 1.96 bits per heavy atom. The molecule has 2 aliphatic rings. The van der Waals surface area contributed by atoms with Crippen LogP contribution in [0.5, 0.6) is 5.88 Å². The maximum atomic E-state index is 12.1. The van der Waals surface area contributed by atoms with Crippen LogP contribution in [0.1, 0.15) is 51.4 Å². The summed E-state index contributed by atoms with van der Waals surface area (Å²) < 4.78 is 5.89. The van der Waals surface area contributed by atoms with Crippen molar-refractivity contribution in [3.05, 3.63) is 23.4 Å². The average molecular weight is 369 g/mol. The summed E-state index contributed by atoms with van der Waals surface area (Å²) in [5.74, 6) is 1.42. The molecule has 3 rings (SSSR count). The zero-order chi connectivity index (χ0) is 16.8. The van der Waals surface area contributed by atoms with Gasteiger partial charge in [-0.2, -0.15) is 0 Å². The number of ether oxygens (including phenoxy) is 1. The van der Waals surface area contributed by atoms with Crippen LogP contribution >= 0.6 is 23.4 Å². The van der Waals surface area contributed by atoms with Gasteiger partial charge in [-0.1, -0.05) is 24.4 Å². The van der Waals surface area contributed by atoms with Gasteiger partial charge in [0, 0.05) is 23.6 Å². The number of carbonyl (C=O) groups excluding carboxylic acids is 1. The van der Waals surface area contributed by atoms with Crippen molar-refractivity contribution in [3.63, 3.8) is 0 Å². The molecule has 1 aromatic rings. The van der Waals surface area contributed by atoms with E-state index in [2.05, 4.69) is 10.3 Å². The number of pyridine rings is 1. The van der Waals surface area contributed by atoms with E-state index in [-0.39, 0.29) is 12.0 Å². The first kappa shape index (κ1) is 17.9.